The molecule has 0 saturated carbocycles. The highest BCUT2D eigenvalue weighted by Gasteiger charge is 2.39. The summed E-state index contributed by atoms with van der Waals surface area (Å²) in [6.45, 7) is 20.8. The average molecular weight is 1080 g/mol. The van der Waals surface area contributed by atoms with Crippen LogP contribution in [0, 0.1) is 0 Å². The summed E-state index contributed by atoms with van der Waals surface area (Å²) in [4.78, 5) is 25.8. The molecule has 77 heavy (non-hydrogen) atoms. The number of unbranched alkanes of at least 4 members (excludes halogenated alkanes) is 2. The molecule has 6 atom stereocenters. The van der Waals surface area contributed by atoms with Crippen molar-refractivity contribution >= 4 is 20.9 Å². The maximum Gasteiger partial charge on any atom is 0.500 e. The van der Waals surface area contributed by atoms with Crippen molar-refractivity contribution in [2.75, 3.05) is 92.4 Å². The smallest absolute Gasteiger partial charge is 0.491 e. The second-order valence-electron chi connectivity index (χ2n) is 18.6. The number of alkyl carbamates (subject to hydrolysis) is 1. The van der Waals surface area contributed by atoms with Gasteiger partial charge in [0.25, 0.3) is 0 Å². The van der Waals surface area contributed by atoms with E-state index in [4.69, 9.17) is 60.6 Å². The van der Waals surface area contributed by atoms with Crippen molar-refractivity contribution in [3.8, 4) is 23.0 Å². The molecular weight excluding hydrogens is 1000 g/mol. The van der Waals surface area contributed by atoms with Crippen LogP contribution in [-0.2, 0) is 46.5 Å². The molecule has 0 radical (unpaired) electrons. The van der Waals surface area contributed by atoms with Crippen molar-refractivity contribution in [1.82, 2.24) is 5.32 Å². The molecule has 4 aromatic rings. The molecule has 0 aliphatic carbocycles. The Bertz CT molecular complexity index is 2290. The standard InChI is InChI=1S/C60H81NO15Si/c1-7-13-33-61-60(63)76-56(38-65-35-9-3)44-69-52-31-23-48(24-32-52)59(46-19-27-50(28-20-46)67-40-54-42-71-54)58(45-17-25-49(26-18-45)66-39-53-41-70-53)47-21-29-51(30-22-47)68-43-55(37-64-34-8-2)75-57(62)16-14-15-36-77(72-10-4,73-11-5)74-12-6/h8-9,17-32,53-56,58-59H,2-3,7,10-16,33-44H2,1,4-6H3,(H,61,63). The summed E-state index contributed by atoms with van der Waals surface area (Å²) in [6.07, 6.45) is 5.00. The Morgan fingerprint density at radius 3 is 1.35 bits per heavy atom. The summed E-state index contributed by atoms with van der Waals surface area (Å²) in [5.74, 6) is 1.92. The normalized spacial score (nSPS) is 16.3. The van der Waals surface area contributed by atoms with Crippen LogP contribution in [0.25, 0.3) is 0 Å². The molecule has 16 nitrogen and oxygen atoms in total. The number of carbonyl (C=O) groups is 2. The predicted octanol–water partition coefficient (Wildman–Crippen LogP) is 10.4. The van der Waals surface area contributed by atoms with Crippen molar-refractivity contribution < 1.29 is 70.2 Å². The number of nitrogens with one attached hydrogen (secondary N) is 1. The first-order valence-electron chi connectivity index (χ1n) is 27.3. The number of ether oxygens (including phenoxy) is 10. The van der Waals surface area contributed by atoms with Gasteiger partial charge in [-0.15, -0.1) is 13.2 Å². The number of amides is 1. The number of esters is 1. The molecule has 1 N–H and O–H groups in total. The van der Waals surface area contributed by atoms with Gasteiger partial charge in [0.2, 0.25) is 0 Å². The molecule has 420 valence electrons. The van der Waals surface area contributed by atoms with Crippen molar-refractivity contribution in [2.24, 2.45) is 0 Å². The fourth-order valence-electron chi connectivity index (χ4n) is 8.54. The Hall–Kier alpha value is -5.76. The van der Waals surface area contributed by atoms with E-state index in [1.165, 1.54) is 0 Å². The molecule has 6 rings (SSSR count). The Kier molecular flexibility index (Phi) is 26.3. The Morgan fingerprint density at radius 1 is 0.571 bits per heavy atom. The van der Waals surface area contributed by atoms with Crippen molar-refractivity contribution in [3.63, 3.8) is 0 Å². The number of carbonyl (C=O) groups excluding carboxylic acids is 2. The number of benzene rings is 4. The third-order valence-electron chi connectivity index (χ3n) is 12.5. The first kappa shape index (κ1) is 60.5. The molecule has 2 fully saturated rings. The van der Waals surface area contributed by atoms with E-state index in [1.54, 1.807) is 12.2 Å². The third kappa shape index (κ3) is 21.5. The number of hydrogen-bond acceptors (Lipinski definition) is 15. The first-order valence-corrected chi connectivity index (χ1v) is 29.2. The molecular formula is C60H81NO15Si. The van der Waals surface area contributed by atoms with Gasteiger partial charge in [0, 0.05) is 50.7 Å². The Labute approximate surface area is 456 Å². The summed E-state index contributed by atoms with van der Waals surface area (Å²) < 4.78 is 76.6. The van der Waals surface area contributed by atoms with E-state index in [0.29, 0.717) is 96.4 Å². The number of rotatable bonds is 41. The van der Waals surface area contributed by atoms with Gasteiger partial charge in [0.05, 0.1) is 39.6 Å². The highest BCUT2D eigenvalue weighted by Crippen LogP contribution is 2.44. The van der Waals surface area contributed by atoms with Crippen LogP contribution < -0.4 is 24.3 Å². The van der Waals surface area contributed by atoms with Crippen LogP contribution in [0.4, 0.5) is 4.79 Å². The van der Waals surface area contributed by atoms with Gasteiger partial charge >= 0.3 is 20.9 Å². The summed E-state index contributed by atoms with van der Waals surface area (Å²) in [5, 5.41) is 2.80. The molecule has 2 saturated heterocycles. The van der Waals surface area contributed by atoms with Crippen LogP contribution >= 0.6 is 0 Å². The molecule has 0 spiro atoms. The zero-order valence-corrected chi connectivity index (χ0v) is 46.5. The lowest BCUT2D eigenvalue weighted by molar-refractivity contribution is -0.154. The predicted molar refractivity (Wildman–Crippen MR) is 295 cm³/mol. The van der Waals surface area contributed by atoms with E-state index in [0.717, 1.165) is 46.6 Å². The number of hydrogen-bond donors (Lipinski definition) is 1. The zero-order chi connectivity index (χ0) is 54.5. The molecule has 0 aromatic heterocycles. The summed E-state index contributed by atoms with van der Waals surface area (Å²) in [6, 6.07) is 33.1. The minimum atomic E-state index is -2.82. The van der Waals surface area contributed by atoms with Crippen LogP contribution in [0.15, 0.2) is 122 Å². The third-order valence-corrected chi connectivity index (χ3v) is 15.6. The van der Waals surface area contributed by atoms with Gasteiger partial charge < -0.3 is 66.0 Å². The maximum atomic E-state index is 13.2. The van der Waals surface area contributed by atoms with Gasteiger partial charge in [-0.05, 0) is 111 Å². The molecule has 6 unspecified atom stereocenters. The van der Waals surface area contributed by atoms with Crippen LogP contribution in [0.3, 0.4) is 0 Å². The molecule has 4 aromatic carbocycles. The molecule has 2 aliphatic heterocycles. The van der Waals surface area contributed by atoms with Gasteiger partial charge in [0.1, 0.15) is 61.6 Å². The van der Waals surface area contributed by atoms with Crippen LogP contribution in [0.2, 0.25) is 6.04 Å². The highest BCUT2D eigenvalue weighted by molar-refractivity contribution is 6.60. The lowest BCUT2D eigenvalue weighted by Crippen LogP contribution is -2.45. The summed E-state index contributed by atoms with van der Waals surface area (Å²) in [7, 11) is -2.82. The van der Waals surface area contributed by atoms with E-state index in [1.807, 2.05) is 69.3 Å². The average Bonchev–Trinajstić information content (AvgIpc) is 4.40. The lowest BCUT2D eigenvalue weighted by Gasteiger charge is -2.30. The maximum absolute atomic E-state index is 13.2. The topological polar surface area (TPSA) is 173 Å². The lowest BCUT2D eigenvalue weighted by atomic mass is 9.73. The van der Waals surface area contributed by atoms with E-state index in [2.05, 4.69) is 73.9 Å². The molecule has 2 aliphatic rings. The number of epoxide rings is 2. The Balaban J connectivity index is 1.23. The SMILES string of the molecule is C=CCOCC(COc1ccc(C(c2ccc(OCC3CO3)cc2)C(c2ccc(OCC3CO3)cc2)c2ccc(OCC(COCC=C)OC(=O)NCCCC)cc2)cc1)OC(=O)CCCC[Si](OCC)(OCC)OCC. The van der Waals surface area contributed by atoms with Gasteiger partial charge in [0.15, 0.2) is 12.2 Å². The largest absolute Gasteiger partial charge is 0.500 e. The molecule has 0 bridgehead atoms. The van der Waals surface area contributed by atoms with E-state index < -0.39 is 27.1 Å². The van der Waals surface area contributed by atoms with Crippen molar-refractivity contribution in [2.45, 2.75) is 102 Å². The second-order valence-corrected chi connectivity index (χ2v) is 21.4. The van der Waals surface area contributed by atoms with Crippen LogP contribution in [0.1, 0.15) is 93.9 Å². The molecule has 2 heterocycles. The zero-order valence-electron chi connectivity index (χ0n) is 45.5. The second kappa shape index (κ2) is 33.5. The highest BCUT2D eigenvalue weighted by atomic mass is 28.4. The minimum Gasteiger partial charge on any atom is -0.491 e. The van der Waals surface area contributed by atoms with Gasteiger partial charge in [-0.3, -0.25) is 4.79 Å². The van der Waals surface area contributed by atoms with E-state index in [9.17, 15) is 9.59 Å². The van der Waals surface area contributed by atoms with Gasteiger partial charge in [-0.2, -0.15) is 0 Å². The quantitative estimate of drug-likeness (QED) is 0.0146. The summed E-state index contributed by atoms with van der Waals surface area (Å²) in [5.41, 5.74) is 4.15. The molecule has 1 amide bonds. The molecule has 17 heteroatoms. The van der Waals surface area contributed by atoms with Gasteiger partial charge in [-0.1, -0.05) is 74.0 Å². The van der Waals surface area contributed by atoms with E-state index in [-0.39, 0.29) is 62.9 Å². The van der Waals surface area contributed by atoms with E-state index >= 15 is 0 Å². The Morgan fingerprint density at radius 2 is 0.974 bits per heavy atom. The summed E-state index contributed by atoms with van der Waals surface area (Å²) >= 11 is 0. The van der Waals surface area contributed by atoms with Crippen molar-refractivity contribution in [1.29, 1.82) is 0 Å². The minimum absolute atomic E-state index is 0.0767. The fraction of sp³-hybridized carbons (Fsp3) is 0.500. The van der Waals surface area contributed by atoms with Crippen molar-refractivity contribution in [3.05, 3.63) is 145 Å². The van der Waals surface area contributed by atoms with Crippen LogP contribution in [0.5, 0.6) is 23.0 Å². The van der Waals surface area contributed by atoms with Gasteiger partial charge in [-0.25, -0.2) is 4.79 Å². The van der Waals surface area contributed by atoms with Crippen LogP contribution in [-0.4, -0.2) is 138 Å². The fourth-order valence-corrected chi connectivity index (χ4v) is 11.2. The monoisotopic (exact) mass is 1080 g/mol. The first-order chi connectivity index (χ1) is 37.7.